The van der Waals surface area contributed by atoms with Crippen molar-refractivity contribution in [1.29, 1.82) is 0 Å². The molecule has 0 N–H and O–H groups in total. The molecule has 11 aromatic carbocycles. The Labute approximate surface area is 420 Å². The summed E-state index contributed by atoms with van der Waals surface area (Å²) in [7, 11) is -0.733. The number of benzene rings is 11. The number of furan rings is 2. The second-order valence-corrected chi connectivity index (χ2v) is 19.8. The van der Waals surface area contributed by atoms with Crippen molar-refractivity contribution in [1.82, 2.24) is 13.7 Å². The van der Waals surface area contributed by atoms with E-state index in [0.29, 0.717) is 0 Å². The number of aromatic nitrogens is 3. The lowest BCUT2D eigenvalue weighted by Crippen LogP contribution is -2.49. The lowest BCUT2D eigenvalue weighted by atomic mass is 9.66. The van der Waals surface area contributed by atoms with Crippen molar-refractivity contribution < 1.29 is 18.1 Å². The second-order valence-electron chi connectivity index (χ2n) is 19.8. The predicted octanol–water partition coefficient (Wildman–Crippen LogP) is 16.6. The van der Waals surface area contributed by atoms with Gasteiger partial charge in [-0.15, -0.1) is 0 Å². The molecule has 0 amide bonds. The van der Waals surface area contributed by atoms with E-state index in [1.165, 1.54) is 21.5 Å². The molecule has 16 aromatic rings. The minimum absolute atomic E-state index is 0.733. The van der Waals surface area contributed by atoms with Gasteiger partial charge in [0, 0.05) is 88.9 Å². The molecule has 2 aliphatic heterocycles. The third-order valence-electron chi connectivity index (χ3n) is 16.1. The summed E-state index contributed by atoms with van der Waals surface area (Å²) in [5.74, 6) is 1.49. The fraction of sp³-hybridized carbons (Fsp3) is 0. The monoisotopic (exact) mass is 945 g/mol. The average Bonchev–Trinajstić information content (AvgIpc) is 4.26. The number of nitrogens with zero attached hydrogens (tertiary/aromatic N) is 3. The summed E-state index contributed by atoms with van der Waals surface area (Å²) in [5, 5.41) is 11.5. The first-order valence-electron chi connectivity index (χ1n) is 25.2. The molecule has 8 heteroatoms. The fourth-order valence-electron chi connectivity index (χ4n) is 13.0. The Hall–Kier alpha value is -9.92. The summed E-state index contributed by atoms with van der Waals surface area (Å²) in [5.41, 5.74) is 18.4. The maximum atomic E-state index is 7.26. The van der Waals surface area contributed by atoms with E-state index in [1.807, 2.05) is 24.3 Å². The van der Waals surface area contributed by atoms with Crippen LogP contribution in [0.3, 0.4) is 0 Å². The summed E-state index contributed by atoms with van der Waals surface area (Å²) >= 11 is 0. The molecular formula is C66H36BN3O4. The Balaban J connectivity index is 0.890. The van der Waals surface area contributed by atoms with Gasteiger partial charge >= 0.3 is 7.12 Å². The molecule has 0 saturated carbocycles. The summed E-state index contributed by atoms with van der Waals surface area (Å²) in [6, 6.07) is 78.1. The maximum Gasteiger partial charge on any atom is 0.633 e. The van der Waals surface area contributed by atoms with Crippen LogP contribution in [0.15, 0.2) is 227 Å². The van der Waals surface area contributed by atoms with Gasteiger partial charge in [-0.3, -0.25) is 0 Å². The van der Waals surface area contributed by atoms with E-state index in [9.17, 15) is 0 Å². The minimum atomic E-state index is -0.733. The molecule has 0 aliphatic carbocycles. The molecule has 74 heavy (non-hydrogen) atoms. The molecule has 0 unspecified atom stereocenters. The smallest absolute Gasteiger partial charge is 0.521 e. The van der Waals surface area contributed by atoms with Gasteiger partial charge in [-0.1, -0.05) is 109 Å². The molecule has 7 heterocycles. The first kappa shape index (κ1) is 38.8. The molecule has 342 valence electrons. The number of para-hydroxylation sites is 6. The number of hydrogen-bond acceptors (Lipinski definition) is 4. The number of fused-ring (bicyclic) bond motifs is 21. The van der Waals surface area contributed by atoms with Crippen molar-refractivity contribution in [2.24, 2.45) is 0 Å². The summed E-state index contributed by atoms with van der Waals surface area (Å²) in [6.07, 6.45) is 0. The van der Waals surface area contributed by atoms with Crippen LogP contribution in [-0.2, 0) is 0 Å². The van der Waals surface area contributed by atoms with E-state index >= 15 is 0 Å². The van der Waals surface area contributed by atoms with Gasteiger partial charge in [-0.25, -0.2) is 0 Å². The Morgan fingerprint density at radius 3 is 1.14 bits per heavy atom. The molecule has 0 saturated heterocycles. The predicted molar refractivity (Wildman–Crippen MR) is 302 cm³/mol. The topological polar surface area (TPSA) is 59.5 Å². The van der Waals surface area contributed by atoms with Gasteiger partial charge in [0.25, 0.3) is 0 Å². The lowest BCUT2D eigenvalue weighted by Gasteiger charge is -2.33. The van der Waals surface area contributed by atoms with E-state index in [0.717, 1.165) is 144 Å². The first-order chi connectivity index (χ1) is 36.7. The van der Waals surface area contributed by atoms with Crippen LogP contribution in [-0.4, -0.2) is 20.8 Å². The highest BCUT2D eigenvalue weighted by Crippen LogP contribution is 2.48. The van der Waals surface area contributed by atoms with E-state index in [2.05, 4.69) is 208 Å². The van der Waals surface area contributed by atoms with Gasteiger partial charge in [0.05, 0.1) is 43.9 Å². The van der Waals surface area contributed by atoms with E-state index in [4.69, 9.17) is 18.1 Å². The number of rotatable bonds is 3. The van der Waals surface area contributed by atoms with Crippen molar-refractivity contribution in [3.63, 3.8) is 0 Å². The van der Waals surface area contributed by atoms with Crippen molar-refractivity contribution in [3.8, 4) is 50.8 Å². The summed E-state index contributed by atoms with van der Waals surface area (Å²) in [6.45, 7) is 0. The quantitative estimate of drug-likeness (QED) is 0.166. The third-order valence-corrected chi connectivity index (χ3v) is 16.1. The fourth-order valence-corrected chi connectivity index (χ4v) is 13.0. The molecule has 5 aromatic heterocycles. The molecule has 0 spiro atoms. The Morgan fingerprint density at radius 2 is 0.676 bits per heavy atom. The molecule has 0 bridgehead atoms. The molecule has 2 aliphatic rings. The molecule has 18 rings (SSSR count). The van der Waals surface area contributed by atoms with Crippen LogP contribution >= 0.6 is 0 Å². The van der Waals surface area contributed by atoms with E-state index in [-0.39, 0.29) is 0 Å². The molecular weight excluding hydrogens is 910 g/mol. The van der Waals surface area contributed by atoms with Gasteiger partial charge in [-0.05, 0) is 108 Å². The van der Waals surface area contributed by atoms with E-state index in [1.54, 1.807) is 0 Å². The largest absolute Gasteiger partial charge is 0.633 e. The van der Waals surface area contributed by atoms with Crippen LogP contribution in [0.25, 0.3) is 149 Å². The van der Waals surface area contributed by atoms with Crippen molar-refractivity contribution in [3.05, 3.63) is 218 Å². The second kappa shape index (κ2) is 13.9. The Morgan fingerprint density at radius 1 is 0.284 bits per heavy atom. The van der Waals surface area contributed by atoms with E-state index < -0.39 is 7.12 Å². The standard InChI is InChI=1S/C66H36BN3O4/c1-7-19-52-40(13-1)41-14-2-8-20-53(41)68(52)39-33-50-44-27-25-37(69-54-21-9-3-15-42(54)46-29-31-58-62(65(46)69)48-17-5-11-23-56(48)71-58)35-60(44)73-67-64(50)51(34-39)45-28-26-38(36-61(45)74-67)70-55-22-10-4-16-43(55)47-30-32-59-63(66(47)70)49-18-6-12-24-57(49)72-59/h1-36H. The third kappa shape index (κ3) is 4.96. The van der Waals surface area contributed by atoms with Crippen LogP contribution in [0.1, 0.15) is 0 Å². The zero-order valence-corrected chi connectivity index (χ0v) is 39.3. The van der Waals surface area contributed by atoms with Crippen molar-refractivity contribution in [2.45, 2.75) is 0 Å². The van der Waals surface area contributed by atoms with Gasteiger partial charge < -0.3 is 31.8 Å². The van der Waals surface area contributed by atoms with Crippen LogP contribution in [0, 0.1) is 0 Å². The molecule has 0 radical (unpaired) electrons. The molecule has 0 fully saturated rings. The minimum Gasteiger partial charge on any atom is -0.521 e. The van der Waals surface area contributed by atoms with Gasteiger partial charge in [0.2, 0.25) is 0 Å². The average molecular weight is 946 g/mol. The van der Waals surface area contributed by atoms with Crippen LogP contribution in [0.5, 0.6) is 11.5 Å². The summed E-state index contributed by atoms with van der Waals surface area (Å²) < 4.78 is 34.7. The lowest BCUT2D eigenvalue weighted by molar-refractivity contribution is 0.436. The molecule has 7 nitrogen and oxygen atoms in total. The zero-order valence-electron chi connectivity index (χ0n) is 39.3. The zero-order chi connectivity index (χ0) is 47.9. The SMILES string of the molecule is c1ccc2c(c1)oc1ccc3c4ccccc4n(-c4ccc5c(c4)OB4Oc6cc(-n7c8ccccc8c8ccc9oc%10ccccc%10c9c87)ccc6-c6cc(-n7c8ccccc8c8ccccc87)cc-5c64)c3c12. The first-order valence-corrected chi connectivity index (χ1v) is 25.2. The highest BCUT2D eigenvalue weighted by atomic mass is 16.6. The molecule has 0 atom stereocenters. The summed E-state index contributed by atoms with van der Waals surface area (Å²) in [4.78, 5) is 0. The van der Waals surface area contributed by atoms with Crippen LogP contribution in [0.2, 0.25) is 0 Å². The van der Waals surface area contributed by atoms with Gasteiger partial charge in [-0.2, -0.15) is 0 Å². The van der Waals surface area contributed by atoms with Crippen LogP contribution in [0.4, 0.5) is 0 Å². The van der Waals surface area contributed by atoms with Gasteiger partial charge in [0.15, 0.2) is 0 Å². The maximum absolute atomic E-state index is 7.26. The van der Waals surface area contributed by atoms with Crippen molar-refractivity contribution in [2.75, 3.05) is 0 Å². The Kier molecular flexibility index (Phi) is 7.31. The Bertz CT molecular complexity index is 4870. The van der Waals surface area contributed by atoms with Gasteiger partial charge in [0.1, 0.15) is 33.8 Å². The normalized spacial score (nSPS) is 13.1. The highest BCUT2D eigenvalue weighted by molar-refractivity contribution is 6.68. The highest BCUT2D eigenvalue weighted by Gasteiger charge is 2.43. The van der Waals surface area contributed by atoms with Crippen molar-refractivity contribution >= 4 is 122 Å². The van der Waals surface area contributed by atoms with Crippen LogP contribution < -0.4 is 14.8 Å². The number of hydrogen-bond donors (Lipinski definition) is 0.